The van der Waals surface area contributed by atoms with E-state index in [4.69, 9.17) is 0 Å². The first-order valence-corrected chi connectivity index (χ1v) is 7.52. The lowest BCUT2D eigenvalue weighted by Gasteiger charge is -2.28. The molecule has 2 rings (SSSR count). The molecule has 0 amide bonds. The number of benzene rings is 2. The first kappa shape index (κ1) is 15.8. The lowest BCUT2D eigenvalue weighted by molar-refractivity contribution is 0.112. The van der Waals surface area contributed by atoms with Crippen molar-refractivity contribution >= 4 is 17.7 Å². The Balaban J connectivity index is 2.50. The Bertz CT molecular complexity index is 641. The second kappa shape index (κ2) is 7.99. The maximum absolute atomic E-state index is 10.9. The van der Waals surface area contributed by atoms with Crippen molar-refractivity contribution in [1.29, 1.82) is 0 Å². The highest BCUT2D eigenvalue weighted by atomic mass is 16.1. The number of aldehydes is 1. The van der Waals surface area contributed by atoms with Crippen molar-refractivity contribution in [2.24, 2.45) is 0 Å². The zero-order valence-electron chi connectivity index (χ0n) is 12.9. The smallest absolute Gasteiger partial charge is 0.150 e. The molecule has 2 heteroatoms. The number of allylic oxidation sites excluding steroid dienone is 3. The van der Waals surface area contributed by atoms with Crippen molar-refractivity contribution in [3.63, 3.8) is 0 Å². The highest BCUT2D eigenvalue weighted by Crippen LogP contribution is 2.31. The molecule has 2 aromatic carbocycles. The lowest BCUT2D eigenvalue weighted by Crippen LogP contribution is -2.16. The van der Waals surface area contributed by atoms with Crippen LogP contribution in [0.15, 0.2) is 79.0 Å². The Morgan fingerprint density at radius 2 is 1.68 bits per heavy atom. The Morgan fingerprint density at radius 1 is 1.05 bits per heavy atom. The van der Waals surface area contributed by atoms with Gasteiger partial charge < -0.3 is 4.90 Å². The average Bonchev–Trinajstić information content (AvgIpc) is 2.57. The molecular formula is C20H21NO. The van der Waals surface area contributed by atoms with Gasteiger partial charge in [0.2, 0.25) is 0 Å². The largest absolute Gasteiger partial charge is 0.314 e. The molecule has 0 radical (unpaired) electrons. The molecule has 0 atom stereocenters. The molecule has 2 nitrogen and oxygen atoms in total. The number of rotatable bonds is 7. The molecule has 22 heavy (non-hydrogen) atoms. The molecule has 0 fully saturated rings. The second-order valence-corrected chi connectivity index (χ2v) is 5.02. The van der Waals surface area contributed by atoms with E-state index in [9.17, 15) is 4.79 Å². The van der Waals surface area contributed by atoms with Crippen LogP contribution < -0.4 is 4.90 Å². The zero-order chi connectivity index (χ0) is 15.8. The number of carbonyl (C=O) groups excluding carboxylic acids is 1. The Labute approximate surface area is 132 Å². The highest BCUT2D eigenvalue weighted by Gasteiger charge is 2.13. The molecule has 0 N–H and O–H groups in total. The van der Waals surface area contributed by atoms with E-state index in [1.165, 1.54) is 5.70 Å². The van der Waals surface area contributed by atoms with E-state index in [1.54, 1.807) is 0 Å². The van der Waals surface area contributed by atoms with Crippen LogP contribution in [0.1, 0.15) is 30.1 Å². The number of para-hydroxylation sites is 1. The monoisotopic (exact) mass is 291 g/mol. The average molecular weight is 291 g/mol. The van der Waals surface area contributed by atoms with Crippen LogP contribution in [0.4, 0.5) is 11.4 Å². The van der Waals surface area contributed by atoms with E-state index in [-0.39, 0.29) is 0 Å². The standard InChI is InChI=1S/C20H21NO/c1-3-8-18(9-4-2)21(19-10-6-5-7-11-19)20-14-12-17(16-22)13-15-20/h3,5-8,10-16H,1,4,9H2,2H3/b18-8+. The van der Waals surface area contributed by atoms with Gasteiger partial charge in [0.05, 0.1) is 0 Å². The van der Waals surface area contributed by atoms with Gasteiger partial charge in [-0.25, -0.2) is 0 Å². The maximum Gasteiger partial charge on any atom is 0.150 e. The summed E-state index contributed by atoms with van der Waals surface area (Å²) in [6.45, 7) is 5.99. The number of hydrogen-bond acceptors (Lipinski definition) is 2. The zero-order valence-corrected chi connectivity index (χ0v) is 12.9. The van der Waals surface area contributed by atoms with E-state index in [0.29, 0.717) is 5.56 Å². The predicted octanol–water partition coefficient (Wildman–Crippen LogP) is 5.51. The lowest BCUT2D eigenvalue weighted by atomic mass is 10.1. The van der Waals surface area contributed by atoms with Crippen LogP contribution in [0.3, 0.4) is 0 Å². The molecule has 112 valence electrons. The minimum absolute atomic E-state index is 0.682. The van der Waals surface area contributed by atoms with Crippen LogP contribution in [0, 0.1) is 0 Å². The van der Waals surface area contributed by atoms with Gasteiger partial charge in [-0.2, -0.15) is 0 Å². The van der Waals surface area contributed by atoms with E-state index in [0.717, 1.165) is 30.5 Å². The normalized spacial score (nSPS) is 11.0. The van der Waals surface area contributed by atoms with Crippen molar-refractivity contribution in [3.05, 3.63) is 84.6 Å². The fourth-order valence-corrected chi connectivity index (χ4v) is 2.42. The summed E-state index contributed by atoms with van der Waals surface area (Å²) in [5.74, 6) is 0. The Hall–Kier alpha value is -2.61. The third-order valence-electron chi connectivity index (χ3n) is 3.41. The number of hydrogen-bond donors (Lipinski definition) is 0. The summed E-state index contributed by atoms with van der Waals surface area (Å²) in [6.07, 6.45) is 6.74. The summed E-state index contributed by atoms with van der Waals surface area (Å²) in [5, 5.41) is 0. The van der Waals surface area contributed by atoms with Crippen LogP contribution in [0.2, 0.25) is 0 Å². The van der Waals surface area contributed by atoms with Gasteiger partial charge in [-0.3, -0.25) is 4.79 Å². The SMILES string of the molecule is C=C/C=C(\CCC)N(c1ccccc1)c1ccc(C=O)cc1. The fraction of sp³-hybridized carbons (Fsp3) is 0.150. The Kier molecular flexibility index (Phi) is 5.73. The molecular weight excluding hydrogens is 270 g/mol. The summed E-state index contributed by atoms with van der Waals surface area (Å²) in [6, 6.07) is 17.9. The third-order valence-corrected chi connectivity index (χ3v) is 3.41. The van der Waals surface area contributed by atoms with Gasteiger partial charge in [0.1, 0.15) is 6.29 Å². The summed E-state index contributed by atoms with van der Waals surface area (Å²) < 4.78 is 0. The topological polar surface area (TPSA) is 20.3 Å². The molecule has 0 unspecified atom stereocenters. The van der Waals surface area contributed by atoms with Crippen LogP contribution in [0.25, 0.3) is 0 Å². The van der Waals surface area contributed by atoms with Crippen molar-refractivity contribution in [3.8, 4) is 0 Å². The van der Waals surface area contributed by atoms with E-state index in [1.807, 2.05) is 54.6 Å². The predicted molar refractivity (Wildman–Crippen MR) is 93.6 cm³/mol. The highest BCUT2D eigenvalue weighted by molar-refractivity contribution is 5.77. The first-order valence-electron chi connectivity index (χ1n) is 7.52. The number of anilines is 2. The van der Waals surface area contributed by atoms with Crippen LogP contribution in [0.5, 0.6) is 0 Å². The minimum Gasteiger partial charge on any atom is -0.314 e. The molecule has 0 saturated carbocycles. The van der Waals surface area contributed by atoms with Gasteiger partial charge in [0.15, 0.2) is 0 Å². The van der Waals surface area contributed by atoms with Gasteiger partial charge >= 0.3 is 0 Å². The van der Waals surface area contributed by atoms with E-state index >= 15 is 0 Å². The van der Waals surface area contributed by atoms with Gasteiger partial charge in [0.25, 0.3) is 0 Å². The third kappa shape index (κ3) is 3.73. The molecule has 0 aliphatic carbocycles. The van der Waals surface area contributed by atoms with Crippen molar-refractivity contribution in [2.75, 3.05) is 4.90 Å². The van der Waals surface area contributed by atoms with Gasteiger partial charge in [0, 0.05) is 22.6 Å². The first-order chi connectivity index (χ1) is 10.8. The molecule has 0 heterocycles. The quantitative estimate of drug-likeness (QED) is 0.495. The number of nitrogens with zero attached hydrogens (tertiary/aromatic N) is 1. The van der Waals surface area contributed by atoms with Crippen molar-refractivity contribution < 1.29 is 4.79 Å². The molecule has 0 aliphatic rings. The Morgan fingerprint density at radius 3 is 2.23 bits per heavy atom. The summed E-state index contributed by atoms with van der Waals surface area (Å²) in [7, 11) is 0. The fourth-order valence-electron chi connectivity index (χ4n) is 2.42. The van der Waals surface area contributed by atoms with Gasteiger partial charge in [-0.15, -0.1) is 0 Å². The summed E-state index contributed by atoms with van der Waals surface area (Å²) in [5.41, 5.74) is 4.00. The minimum atomic E-state index is 0.682. The van der Waals surface area contributed by atoms with Crippen LogP contribution in [-0.4, -0.2) is 6.29 Å². The maximum atomic E-state index is 10.9. The van der Waals surface area contributed by atoms with Crippen LogP contribution >= 0.6 is 0 Å². The molecule has 0 saturated heterocycles. The molecule has 2 aromatic rings. The second-order valence-electron chi connectivity index (χ2n) is 5.02. The molecule has 0 bridgehead atoms. The van der Waals surface area contributed by atoms with E-state index < -0.39 is 0 Å². The molecule has 0 spiro atoms. The summed E-state index contributed by atoms with van der Waals surface area (Å²) in [4.78, 5) is 13.1. The number of carbonyl (C=O) groups is 1. The van der Waals surface area contributed by atoms with Gasteiger partial charge in [-0.05, 0) is 48.9 Å². The van der Waals surface area contributed by atoms with Crippen LogP contribution in [-0.2, 0) is 0 Å². The molecule has 0 aliphatic heterocycles. The molecule has 0 aromatic heterocycles. The van der Waals surface area contributed by atoms with Crippen molar-refractivity contribution in [1.82, 2.24) is 0 Å². The van der Waals surface area contributed by atoms with Gasteiger partial charge in [-0.1, -0.05) is 44.2 Å². The summed E-state index contributed by atoms with van der Waals surface area (Å²) >= 11 is 0. The van der Waals surface area contributed by atoms with E-state index in [2.05, 4.69) is 30.5 Å². The van der Waals surface area contributed by atoms with Crippen molar-refractivity contribution in [2.45, 2.75) is 19.8 Å².